The molecule has 0 atom stereocenters. The van der Waals surface area contributed by atoms with Crippen molar-refractivity contribution in [2.24, 2.45) is 0 Å². The molecule has 0 unspecified atom stereocenters. The zero-order chi connectivity index (χ0) is 8.60. The van der Waals surface area contributed by atoms with Gasteiger partial charge in [0, 0.05) is 18.0 Å². The molecule has 0 aromatic carbocycles. The second kappa shape index (κ2) is 2.85. The van der Waals surface area contributed by atoms with Crippen LogP contribution in [0.2, 0.25) is 0 Å². The molecule has 3 nitrogen and oxygen atoms in total. The number of rotatable bonds is 1. The van der Waals surface area contributed by atoms with Crippen molar-refractivity contribution in [3.05, 3.63) is 11.5 Å². The SMILES string of the molecule is O=S1(=O)C=CCN1C1CCCC1. The van der Waals surface area contributed by atoms with Crippen LogP contribution in [-0.2, 0) is 10.0 Å². The molecule has 12 heavy (non-hydrogen) atoms. The molecule has 68 valence electrons. The van der Waals surface area contributed by atoms with Crippen LogP contribution in [0.1, 0.15) is 25.7 Å². The molecule has 0 saturated heterocycles. The van der Waals surface area contributed by atoms with Crippen LogP contribution >= 0.6 is 0 Å². The highest BCUT2D eigenvalue weighted by molar-refractivity contribution is 7.92. The van der Waals surface area contributed by atoms with Gasteiger partial charge in [0.2, 0.25) is 10.0 Å². The van der Waals surface area contributed by atoms with Gasteiger partial charge in [0.15, 0.2) is 0 Å². The van der Waals surface area contributed by atoms with Crippen molar-refractivity contribution in [2.75, 3.05) is 6.54 Å². The predicted molar refractivity (Wildman–Crippen MR) is 47.0 cm³/mol. The largest absolute Gasteiger partial charge is 0.236 e. The van der Waals surface area contributed by atoms with Crippen molar-refractivity contribution in [3.63, 3.8) is 0 Å². The minimum atomic E-state index is -3.02. The molecule has 0 N–H and O–H groups in total. The van der Waals surface area contributed by atoms with Crippen molar-refractivity contribution >= 4 is 10.0 Å². The lowest BCUT2D eigenvalue weighted by Gasteiger charge is -2.21. The van der Waals surface area contributed by atoms with Crippen LogP contribution in [0.15, 0.2) is 11.5 Å². The Morgan fingerprint density at radius 3 is 2.42 bits per heavy atom. The molecule has 0 aromatic heterocycles. The van der Waals surface area contributed by atoms with Crippen LogP contribution in [0.5, 0.6) is 0 Å². The van der Waals surface area contributed by atoms with Gasteiger partial charge in [0.05, 0.1) is 0 Å². The molecular weight excluding hydrogens is 174 g/mol. The van der Waals surface area contributed by atoms with Crippen LogP contribution < -0.4 is 0 Å². The zero-order valence-corrected chi connectivity index (χ0v) is 7.76. The van der Waals surface area contributed by atoms with Gasteiger partial charge in [-0.25, -0.2) is 8.42 Å². The molecule has 0 bridgehead atoms. The normalized spacial score (nSPS) is 30.0. The Balaban J connectivity index is 2.15. The average molecular weight is 187 g/mol. The second-order valence-corrected chi connectivity index (χ2v) is 5.20. The lowest BCUT2D eigenvalue weighted by molar-refractivity contribution is 0.358. The van der Waals surface area contributed by atoms with E-state index < -0.39 is 10.0 Å². The summed E-state index contributed by atoms with van der Waals surface area (Å²) >= 11 is 0. The topological polar surface area (TPSA) is 37.4 Å². The maximum atomic E-state index is 11.4. The minimum Gasteiger partial charge on any atom is -0.207 e. The maximum absolute atomic E-state index is 11.4. The van der Waals surface area contributed by atoms with Crippen molar-refractivity contribution < 1.29 is 8.42 Å². The van der Waals surface area contributed by atoms with Gasteiger partial charge in [-0.15, -0.1) is 0 Å². The monoisotopic (exact) mass is 187 g/mol. The summed E-state index contributed by atoms with van der Waals surface area (Å²) in [6.45, 7) is 0.590. The molecule has 0 amide bonds. The van der Waals surface area contributed by atoms with Crippen LogP contribution in [0, 0.1) is 0 Å². The van der Waals surface area contributed by atoms with Crippen LogP contribution in [-0.4, -0.2) is 25.3 Å². The van der Waals surface area contributed by atoms with Crippen molar-refractivity contribution in [1.82, 2.24) is 4.31 Å². The van der Waals surface area contributed by atoms with Gasteiger partial charge in [0.25, 0.3) is 0 Å². The smallest absolute Gasteiger partial charge is 0.207 e. The van der Waals surface area contributed by atoms with Crippen LogP contribution in [0.4, 0.5) is 0 Å². The Morgan fingerprint density at radius 2 is 1.92 bits per heavy atom. The van der Waals surface area contributed by atoms with Crippen LogP contribution in [0.3, 0.4) is 0 Å². The standard InChI is InChI=1S/C8H13NO2S/c10-12(11)7-3-6-9(12)8-4-1-2-5-8/h3,7-8H,1-2,4-6H2. The quantitative estimate of drug-likeness (QED) is 0.616. The van der Waals surface area contributed by atoms with E-state index in [-0.39, 0.29) is 6.04 Å². The van der Waals surface area contributed by atoms with E-state index in [0.29, 0.717) is 6.54 Å². The summed E-state index contributed by atoms with van der Waals surface area (Å²) in [6.07, 6.45) is 6.17. The lowest BCUT2D eigenvalue weighted by Crippen LogP contribution is -2.34. The first kappa shape index (κ1) is 8.26. The number of hydrogen-bond donors (Lipinski definition) is 0. The van der Waals surface area contributed by atoms with Gasteiger partial charge >= 0.3 is 0 Å². The Morgan fingerprint density at radius 1 is 1.25 bits per heavy atom. The molecule has 0 radical (unpaired) electrons. The fraction of sp³-hybridized carbons (Fsp3) is 0.750. The fourth-order valence-corrected chi connectivity index (χ4v) is 3.41. The van der Waals surface area contributed by atoms with Gasteiger partial charge in [-0.3, -0.25) is 0 Å². The molecule has 2 aliphatic rings. The summed E-state index contributed by atoms with van der Waals surface area (Å²) < 4.78 is 24.4. The minimum absolute atomic E-state index is 0.282. The van der Waals surface area contributed by atoms with E-state index in [9.17, 15) is 8.42 Å². The molecular formula is C8H13NO2S. The molecule has 1 aliphatic heterocycles. The molecule has 1 aliphatic carbocycles. The van der Waals surface area contributed by atoms with Gasteiger partial charge in [0.1, 0.15) is 0 Å². The molecule has 2 rings (SSSR count). The van der Waals surface area contributed by atoms with Crippen molar-refractivity contribution in [2.45, 2.75) is 31.7 Å². The van der Waals surface area contributed by atoms with Gasteiger partial charge in [-0.05, 0) is 12.8 Å². The van der Waals surface area contributed by atoms with Gasteiger partial charge in [-0.1, -0.05) is 18.9 Å². The third-order valence-corrected chi connectivity index (χ3v) is 4.25. The van der Waals surface area contributed by atoms with E-state index in [1.54, 1.807) is 10.4 Å². The summed E-state index contributed by atoms with van der Waals surface area (Å²) in [5.74, 6) is 0. The Kier molecular flexibility index (Phi) is 1.96. The van der Waals surface area contributed by atoms with Gasteiger partial charge in [-0.2, -0.15) is 4.31 Å². The van der Waals surface area contributed by atoms with E-state index in [4.69, 9.17) is 0 Å². The number of nitrogens with zero attached hydrogens (tertiary/aromatic N) is 1. The van der Waals surface area contributed by atoms with Crippen molar-refractivity contribution in [3.8, 4) is 0 Å². The third kappa shape index (κ3) is 1.29. The Bertz CT molecular complexity index is 288. The summed E-state index contributed by atoms with van der Waals surface area (Å²) in [5.41, 5.74) is 0. The average Bonchev–Trinajstić information content (AvgIpc) is 2.55. The first-order chi connectivity index (χ1) is 5.70. The van der Waals surface area contributed by atoms with Crippen LogP contribution in [0.25, 0.3) is 0 Å². The summed E-state index contributed by atoms with van der Waals surface area (Å²) in [5, 5.41) is 1.32. The first-order valence-electron chi connectivity index (χ1n) is 4.38. The molecule has 4 heteroatoms. The zero-order valence-electron chi connectivity index (χ0n) is 6.94. The highest BCUT2D eigenvalue weighted by Gasteiger charge is 2.32. The fourth-order valence-electron chi connectivity index (χ4n) is 2.00. The molecule has 1 heterocycles. The number of hydrogen-bond acceptors (Lipinski definition) is 2. The van der Waals surface area contributed by atoms with E-state index in [2.05, 4.69) is 0 Å². The summed E-state index contributed by atoms with van der Waals surface area (Å²) in [6, 6.07) is 0.282. The molecule has 1 saturated carbocycles. The van der Waals surface area contributed by atoms with E-state index in [0.717, 1.165) is 12.8 Å². The van der Waals surface area contributed by atoms with E-state index in [1.165, 1.54) is 18.2 Å². The highest BCUT2D eigenvalue weighted by Crippen LogP contribution is 2.27. The van der Waals surface area contributed by atoms with Crippen molar-refractivity contribution in [1.29, 1.82) is 0 Å². The molecule has 1 fully saturated rings. The number of sulfonamides is 1. The highest BCUT2D eigenvalue weighted by atomic mass is 32.2. The lowest BCUT2D eigenvalue weighted by atomic mass is 10.2. The predicted octanol–water partition coefficient (Wildman–Crippen LogP) is 1.09. The third-order valence-electron chi connectivity index (χ3n) is 2.61. The maximum Gasteiger partial charge on any atom is 0.236 e. The van der Waals surface area contributed by atoms with E-state index in [1.807, 2.05) is 0 Å². The Hall–Kier alpha value is -0.350. The summed E-state index contributed by atoms with van der Waals surface area (Å²) in [7, 11) is -3.02. The van der Waals surface area contributed by atoms with Gasteiger partial charge < -0.3 is 0 Å². The second-order valence-electron chi connectivity index (χ2n) is 3.42. The Labute approximate surface area is 73.1 Å². The van der Waals surface area contributed by atoms with E-state index >= 15 is 0 Å². The first-order valence-corrected chi connectivity index (χ1v) is 5.89. The summed E-state index contributed by atoms with van der Waals surface area (Å²) in [4.78, 5) is 0. The molecule has 0 spiro atoms. The molecule has 0 aromatic rings.